The third kappa shape index (κ3) is 1.96. The quantitative estimate of drug-likeness (QED) is 0.586. The maximum Gasteiger partial charge on any atom is 0.433 e. The van der Waals surface area contributed by atoms with E-state index in [9.17, 15) is 14.9 Å². The number of rotatable bonds is 3. The molecule has 0 spiro atoms. The van der Waals surface area contributed by atoms with Crippen molar-refractivity contribution < 1.29 is 9.34 Å². The number of nitrogens with zero attached hydrogens (tertiary/aromatic N) is 2. The van der Waals surface area contributed by atoms with E-state index in [0.717, 1.165) is 11.3 Å². The molecule has 15 heavy (non-hydrogen) atoms. The molecule has 0 radical (unpaired) electrons. The Morgan fingerprint density at radius 2 is 2.33 bits per heavy atom. The van der Waals surface area contributed by atoms with Crippen molar-refractivity contribution in [2.45, 2.75) is 6.54 Å². The van der Waals surface area contributed by atoms with E-state index in [-0.39, 0.29) is 17.3 Å². The summed E-state index contributed by atoms with van der Waals surface area (Å²) in [4.78, 5) is 20.8. The third-order valence-electron chi connectivity index (χ3n) is 1.80. The van der Waals surface area contributed by atoms with Gasteiger partial charge in [-0.05, 0) is 6.07 Å². The second-order valence-electron chi connectivity index (χ2n) is 2.79. The average Bonchev–Trinajstić information content (AvgIpc) is 2.77. The minimum atomic E-state index is -0.611. The van der Waals surface area contributed by atoms with Gasteiger partial charge in [-0.1, -0.05) is 11.3 Å². The van der Waals surface area contributed by atoms with Gasteiger partial charge in [0.05, 0.1) is 12.6 Å². The topological polar surface area (TPSA) is 78.3 Å². The second kappa shape index (κ2) is 3.70. The molecule has 0 bridgehead atoms. The zero-order chi connectivity index (χ0) is 10.8. The maximum absolute atomic E-state index is 11.2. The average molecular weight is 226 g/mol. The first-order chi connectivity index (χ1) is 7.16. The number of furan rings is 1. The lowest BCUT2D eigenvalue weighted by molar-refractivity contribution is -0.402. The molecule has 2 heterocycles. The van der Waals surface area contributed by atoms with Crippen molar-refractivity contribution in [1.29, 1.82) is 0 Å². The van der Waals surface area contributed by atoms with E-state index in [1.54, 1.807) is 11.6 Å². The van der Waals surface area contributed by atoms with Crippen molar-refractivity contribution in [2.24, 2.45) is 0 Å². The van der Waals surface area contributed by atoms with Crippen LogP contribution < -0.4 is 4.87 Å². The molecule has 6 nitrogen and oxygen atoms in total. The van der Waals surface area contributed by atoms with Crippen LogP contribution in [0.3, 0.4) is 0 Å². The van der Waals surface area contributed by atoms with Crippen LogP contribution in [-0.4, -0.2) is 9.49 Å². The van der Waals surface area contributed by atoms with E-state index in [0.29, 0.717) is 5.76 Å². The number of aromatic nitrogens is 1. The van der Waals surface area contributed by atoms with Crippen LogP contribution in [0.1, 0.15) is 5.76 Å². The molecule has 0 aromatic carbocycles. The van der Waals surface area contributed by atoms with Gasteiger partial charge in [-0.25, -0.2) is 0 Å². The summed E-state index contributed by atoms with van der Waals surface area (Å²) in [6.45, 7) is 0.218. The maximum atomic E-state index is 11.2. The van der Waals surface area contributed by atoms with Gasteiger partial charge in [-0.2, -0.15) is 0 Å². The zero-order valence-electron chi connectivity index (χ0n) is 7.45. The molecule has 7 heteroatoms. The van der Waals surface area contributed by atoms with Gasteiger partial charge in [0, 0.05) is 11.6 Å². The molecule has 0 N–H and O–H groups in total. The van der Waals surface area contributed by atoms with Crippen molar-refractivity contribution in [2.75, 3.05) is 0 Å². The van der Waals surface area contributed by atoms with Gasteiger partial charge in [0.25, 0.3) is 0 Å². The van der Waals surface area contributed by atoms with Gasteiger partial charge in [0.15, 0.2) is 0 Å². The third-order valence-corrected chi connectivity index (χ3v) is 2.49. The lowest BCUT2D eigenvalue weighted by Gasteiger charge is -1.95. The highest BCUT2D eigenvalue weighted by Crippen LogP contribution is 2.16. The monoisotopic (exact) mass is 226 g/mol. The Balaban J connectivity index is 2.22. The fraction of sp³-hybridized carbons (Fsp3) is 0.125. The highest BCUT2D eigenvalue weighted by molar-refractivity contribution is 7.07. The molecule has 2 rings (SSSR count). The summed E-state index contributed by atoms with van der Waals surface area (Å²) in [5, 5.41) is 12.0. The molecular formula is C8H6N2O4S. The Labute approximate surface area is 87.5 Å². The molecule has 78 valence electrons. The number of hydrogen-bond acceptors (Lipinski definition) is 5. The van der Waals surface area contributed by atoms with E-state index in [2.05, 4.69) is 0 Å². The summed E-state index contributed by atoms with van der Waals surface area (Å²) in [7, 11) is 0. The minimum Gasteiger partial charge on any atom is -0.404 e. The van der Waals surface area contributed by atoms with Crippen molar-refractivity contribution in [1.82, 2.24) is 4.57 Å². The molecular weight excluding hydrogens is 220 g/mol. The Hall–Kier alpha value is -1.89. The predicted molar refractivity (Wildman–Crippen MR) is 53.0 cm³/mol. The molecule has 0 aliphatic heterocycles. The van der Waals surface area contributed by atoms with E-state index >= 15 is 0 Å². The standard InChI is InChI=1S/C8H6N2O4S/c11-8-9(3-4-15-8)5-6-1-2-7(14-6)10(12)13/h1-4H,5H2. The molecule has 2 aromatic heterocycles. The number of thiazole rings is 1. The molecule has 0 aliphatic rings. The van der Waals surface area contributed by atoms with Gasteiger partial charge in [0.2, 0.25) is 0 Å². The summed E-state index contributed by atoms with van der Waals surface area (Å²) in [6.07, 6.45) is 1.61. The largest absolute Gasteiger partial charge is 0.433 e. The van der Waals surface area contributed by atoms with Crippen LogP contribution in [0.5, 0.6) is 0 Å². The van der Waals surface area contributed by atoms with Crippen molar-refractivity contribution in [3.05, 3.63) is 49.3 Å². The Morgan fingerprint density at radius 1 is 1.53 bits per heavy atom. The van der Waals surface area contributed by atoms with Crippen molar-refractivity contribution in [3.8, 4) is 0 Å². The Kier molecular flexibility index (Phi) is 2.38. The van der Waals surface area contributed by atoms with E-state index in [1.807, 2.05) is 0 Å². The molecule has 0 saturated carbocycles. The molecule has 0 fully saturated rings. The lowest BCUT2D eigenvalue weighted by atomic mass is 10.4. The van der Waals surface area contributed by atoms with Crippen LogP contribution in [0.4, 0.5) is 5.88 Å². The summed E-state index contributed by atoms with van der Waals surface area (Å²) >= 11 is 1.07. The van der Waals surface area contributed by atoms with Crippen LogP contribution in [0.25, 0.3) is 0 Å². The Morgan fingerprint density at radius 3 is 2.87 bits per heavy atom. The molecule has 2 aromatic rings. The van der Waals surface area contributed by atoms with Crippen LogP contribution in [0.2, 0.25) is 0 Å². The number of nitro groups is 1. The van der Waals surface area contributed by atoms with Gasteiger partial charge in [-0.3, -0.25) is 19.5 Å². The van der Waals surface area contributed by atoms with Gasteiger partial charge < -0.3 is 4.42 Å². The second-order valence-corrected chi connectivity index (χ2v) is 3.65. The van der Waals surface area contributed by atoms with Crippen molar-refractivity contribution in [3.63, 3.8) is 0 Å². The normalized spacial score (nSPS) is 10.4. The smallest absolute Gasteiger partial charge is 0.404 e. The highest BCUT2D eigenvalue weighted by atomic mass is 32.1. The summed E-state index contributed by atoms with van der Waals surface area (Å²) in [6, 6.07) is 2.76. The predicted octanol–water partition coefficient (Wildman–Crippen LogP) is 1.46. The fourth-order valence-electron chi connectivity index (χ4n) is 1.13. The Bertz CT molecular complexity index is 539. The van der Waals surface area contributed by atoms with Gasteiger partial charge >= 0.3 is 10.8 Å². The fourth-order valence-corrected chi connectivity index (χ4v) is 1.71. The van der Waals surface area contributed by atoms with Gasteiger partial charge in [0.1, 0.15) is 10.7 Å². The minimum absolute atomic E-state index is 0.117. The molecule has 0 aliphatic carbocycles. The molecule has 0 unspecified atom stereocenters. The summed E-state index contributed by atoms with van der Waals surface area (Å²) in [5.41, 5.74) is 0. The summed E-state index contributed by atoms with van der Waals surface area (Å²) < 4.78 is 6.34. The highest BCUT2D eigenvalue weighted by Gasteiger charge is 2.12. The van der Waals surface area contributed by atoms with Crippen LogP contribution >= 0.6 is 11.3 Å². The van der Waals surface area contributed by atoms with Crippen LogP contribution in [0, 0.1) is 10.1 Å². The first kappa shape index (κ1) is 9.66. The first-order valence-corrected chi connectivity index (χ1v) is 4.92. The molecule has 0 amide bonds. The number of hydrogen-bond donors (Lipinski definition) is 0. The van der Waals surface area contributed by atoms with E-state index < -0.39 is 4.92 Å². The zero-order valence-corrected chi connectivity index (χ0v) is 8.27. The lowest BCUT2D eigenvalue weighted by Crippen LogP contribution is -2.11. The van der Waals surface area contributed by atoms with Crippen molar-refractivity contribution >= 4 is 17.2 Å². The first-order valence-electron chi connectivity index (χ1n) is 4.04. The molecule has 0 atom stereocenters. The van der Waals surface area contributed by atoms with E-state index in [4.69, 9.17) is 4.42 Å². The SMILES string of the molecule is O=c1sccn1Cc1ccc([N+](=O)[O-])o1. The van der Waals surface area contributed by atoms with E-state index in [1.165, 1.54) is 16.7 Å². The van der Waals surface area contributed by atoms with Gasteiger partial charge in [-0.15, -0.1) is 0 Å². The molecule has 0 saturated heterocycles. The van der Waals surface area contributed by atoms with Crippen LogP contribution in [0.15, 0.2) is 32.9 Å². The van der Waals surface area contributed by atoms with Crippen LogP contribution in [-0.2, 0) is 6.54 Å². The summed E-state index contributed by atoms with van der Waals surface area (Å²) in [5.74, 6) is 0.0791.